The number of aromatic carboxylic acids is 1. The third-order valence-electron chi connectivity index (χ3n) is 3.95. The first-order valence-corrected chi connectivity index (χ1v) is 9.83. The summed E-state index contributed by atoms with van der Waals surface area (Å²) in [5, 5.41) is 31.8. The Hall–Kier alpha value is -3.24. The predicted octanol–water partition coefficient (Wildman–Crippen LogP) is 3.26. The predicted molar refractivity (Wildman–Crippen MR) is 105 cm³/mol. The molecule has 8 nitrogen and oxygen atoms in total. The second-order valence-electron chi connectivity index (χ2n) is 5.71. The number of nitrogens with zero attached hydrogens (tertiary/aromatic N) is 4. The lowest BCUT2D eigenvalue weighted by molar-refractivity contribution is 0.0696. The van der Waals surface area contributed by atoms with Crippen molar-refractivity contribution in [3.05, 3.63) is 59.0 Å². The topological polar surface area (TPSA) is 118 Å². The van der Waals surface area contributed by atoms with Gasteiger partial charge in [-0.05, 0) is 46.8 Å². The van der Waals surface area contributed by atoms with Crippen LogP contribution in [-0.2, 0) is 0 Å². The van der Waals surface area contributed by atoms with Gasteiger partial charge in [0.25, 0.3) is 0 Å². The molecule has 0 atom stereocenters. The summed E-state index contributed by atoms with van der Waals surface area (Å²) in [4.78, 5) is 23.9. The number of hydrogen-bond acceptors (Lipinski definition) is 8. The van der Waals surface area contributed by atoms with E-state index in [-0.39, 0.29) is 22.8 Å². The zero-order valence-corrected chi connectivity index (χ0v) is 15.8. The van der Waals surface area contributed by atoms with Crippen LogP contribution in [0.15, 0.2) is 53.7 Å². The largest absolute Gasteiger partial charge is 0.506 e. The van der Waals surface area contributed by atoms with Crippen LogP contribution >= 0.6 is 23.1 Å². The number of thiophene rings is 1. The number of rotatable bonds is 6. The second kappa shape index (κ2) is 7.41. The summed E-state index contributed by atoms with van der Waals surface area (Å²) in [5.41, 5.74) is 0.733. The summed E-state index contributed by atoms with van der Waals surface area (Å²) < 4.78 is 2.27. The maximum absolute atomic E-state index is 12.6. The molecule has 10 heteroatoms. The molecule has 0 saturated heterocycles. The number of carboxylic acids is 1. The third-order valence-corrected chi connectivity index (χ3v) is 6.07. The number of carbonyl (C=O) groups is 2. The SMILES string of the molecule is O=C(O)c1ccc(-n2nnnc2SCC(=O)c2sc3ccccc3c2O)cc1. The van der Waals surface area contributed by atoms with E-state index in [9.17, 15) is 14.7 Å². The first kappa shape index (κ1) is 18.1. The van der Waals surface area contributed by atoms with Crippen molar-refractivity contribution in [1.29, 1.82) is 0 Å². The Morgan fingerprint density at radius 3 is 2.57 bits per heavy atom. The van der Waals surface area contributed by atoms with Gasteiger partial charge in [0.1, 0.15) is 10.6 Å². The molecular formula is C18H12N4O4S2. The minimum absolute atomic E-state index is 0.00458. The van der Waals surface area contributed by atoms with Gasteiger partial charge in [-0.2, -0.15) is 4.68 Å². The van der Waals surface area contributed by atoms with Crippen molar-refractivity contribution < 1.29 is 19.8 Å². The summed E-state index contributed by atoms with van der Waals surface area (Å²) in [6, 6.07) is 13.4. The van der Waals surface area contributed by atoms with Gasteiger partial charge in [-0.3, -0.25) is 4.79 Å². The molecule has 0 aliphatic carbocycles. The number of aromatic hydroxyl groups is 1. The van der Waals surface area contributed by atoms with Gasteiger partial charge in [-0.25, -0.2) is 4.79 Å². The lowest BCUT2D eigenvalue weighted by atomic mass is 10.2. The van der Waals surface area contributed by atoms with Gasteiger partial charge in [0.15, 0.2) is 5.78 Å². The average Bonchev–Trinajstić information content (AvgIpc) is 3.31. The van der Waals surface area contributed by atoms with Gasteiger partial charge in [-0.1, -0.05) is 23.9 Å². The maximum Gasteiger partial charge on any atom is 0.335 e. The minimum Gasteiger partial charge on any atom is -0.506 e. The number of ketones is 1. The van der Waals surface area contributed by atoms with Crippen molar-refractivity contribution in [3.63, 3.8) is 0 Å². The van der Waals surface area contributed by atoms with Gasteiger partial charge in [-0.15, -0.1) is 16.4 Å². The highest BCUT2D eigenvalue weighted by molar-refractivity contribution is 7.99. The average molecular weight is 412 g/mol. The molecular weight excluding hydrogens is 400 g/mol. The molecule has 0 bridgehead atoms. The van der Waals surface area contributed by atoms with Crippen LogP contribution in [0.1, 0.15) is 20.0 Å². The second-order valence-corrected chi connectivity index (χ2v) is 7.71. The van der Waals surface area contributed by atoms with E-state index in [1.807, 2.05) is 18.2 Å². The minimum atomic E-state index is -1.02. The molecule has 0 fully saturated rings. The van der Waals surface area contributed by atoms with Crippen LogP contribution in [0.5, 0.6) is 5.75 Å². The molecule has 2 N–H and O–H groups in total. The molecule has 0 radical (unpaired) electrons. The molecule has 0 aliphatic heterocycles. The van der Waals surface area contributed by atoms with Crippen LogP contribution in [-0.4, -0.2) is 47.9 Å². The van der Waals surface area contributed by atoms with E-state index in [4.69, 9.17) is 5.11 Å². The van der Waals surface area contributed by atoms with E-state index in [2.05, 4.69) is 15.5 Å². The fraction of sp³-hybridized carbons (Fsp3) is 0.0556. The molecule has 4 aromatic rings. The molecule has 0 spiro atoms. The number of tetrazole rings is 1. The van der Waals surface area contributed by atoms with Crippen molar-refractivity contribution in [2.24, 2.45) is 0 Å². The number of thioether (sulfide) groups is 1. The summed E-state index contributed by atoms with van der Waals surface area (Å²) in [6.07, 6.45) is 0. The number of carbonyl (C=O) groups excluding carboxylic acids is 1. The fourth-order valence-electron chi connectivity index (χ4n) is 2.59. The number of hydrogen-bond donors (Lipinski definition) is 2. The first-order chi connectivity index (χ1) is 13.5. The molecule has 0 aliphatic rings. The summed E-state index contributed by atoms with van der Waals surface area (Å²) in [7, 11) is 0. The van der Waals surface area contributed by atoms with Crippen LogP contribution in [0.3, 0.4) is 0 Å². The smallest absolute Gasteiger partial charge is 0.335 e. The summed E-state index contributed by atoms with van der Waals surface area (Å²) >= 11 is 2.38. The molecule has 0 unspecified atom stereocenters. The van der Waals surface area contributed by atoms with Gasteiger partial charge >= 0.3 is 5.97 Å². The van der Waals surface area contributed by atoms with Crippen LogP contribution in [0.25, 0.3) is 15.8 Å². The molecule has 0 saturated carbocycles. The quantitative estimate of drug-likeness (QED) is 0.366. The lowest BCUT2D eigenvalue weighted by Crippen LogP contribution is -2.04. The third kappa shape index (κ3) is 3.35. The van der Waals surface area contributed by atoms with Gasteiger partial charge in [0.2, 0.25) is 5.16 Å². The fourth-order valence-corrected chi connectivity index (χ4v) is 4.48. The van der Waals surface area contributed by atoms with Crippen LogP contribution < -0.4 is 0 Å². The maximum atomic E-state index is 12.6. The zero-order valence-electron chi connectivity index (χ0n) is 14.1. The van der Waals surface area contributed by atoms with Crippen molar-refractivity contribution in [1.82, 2.24) is 20.2 Å². The monoisotopic (exact) mass is 412 g/mol. The van der Waals surface area contributed by atoms with Crippen molar-refractivity contribution >= 4 is 44.9 Å². The van der Waals surface area contributed by atoms with Crippen LogP contribution in [0.2, 0.25) is 0 Å². The van der Waals surface area contributed by atoms with Crippen molar-refractivity contribution in [2.45, 2.75) is 5.16 Å². The standard InChI is InChI=1S/C18H12N4O4S2/c23-13(16-15(24)12-3-1-2-4-14(12)28-16)9-27-18-19-20-21-22(18)11-7-5-10(6-8-11)17(25)26/h1-8,24H,9H2,(H,25,26). The number of carboxylic acid groups (broad SMARTS) is 1. The van der Waals surface area contributed by atoms with Crippen molar-refractivity contribution in [3.8, 4) is 11.4 Å². The molecule has 2 heterocycles. The number of fused-ring (bicyclic) bond motifs is 1. The Balaban J connectivity index is 1.52. The van der Waals surface area contributed by atoms with E-state index in [0.717, 1.165) is 16.5 Å². The Kier molecular flexibility index (Phi) is 4.80. The van der Waals surface area contributed by atoms with E-state index in [0.29, 0.717) is 21.1 Å². The Morgan fingerprint density at radius 1 is 1.11 bits per heavy atom. The van der Waals surface area contributed by atoms with E-state index in [1.165, 1.54) is 28.2 Å². The molecule has 140 valence electrons. The first-order valence-electron chi connectivity index (χ1n) is 8.03. The Bertz CT molecular complexity index is 1180. The van der Waals surface area contributed by atoms with Gasteiger partial charge < -0.3 is 10.2 Å². The molecule has 2 aromatic heterocycles. The number of benzene rings is 2. The number of Topliss-reactive ketones (excluding diaryl/α,β-unsaturated/α-hetero) is 1. The van der Waals surface area contributed by atoms with E-state index >= 15 is 0 Å². The molecule has 4 rings (SSSR count). The zero-order chi connectivity index (χ0) is 19.7. The van der Waals surface area contributed by atoms with Gasteiger partial charge in [0.05, 0.1) is 17.0 Å². The van der Waals surface area contributed by atoms with Gasteiger partial charge in [0, 0.05) is 10.1 Å². The Labute approximate surface area is 166 Å². The van der Waals surface area contributed by atoms with E-state index in [1.54, 1.807) is 18.2 Å². The number of aromatic nitrogens is 4. The lowest BCUT2D eigenvalue weighted by Gasteiger charge is -2.04. The summed E-state index contributed by atoms with van der Waals surface area (Å²) in [6.45, 7) is 0. The highest BCUT2D eigenvalue weighted by atomic mass is 32.2. The van der Waals surface area contributed by atoms with Crippen LogP contribution in [0, 0.1) is 0 Å². The van der Waals surface area contributed by atoms with E-state index < -0.39 is 5.97 Å². The molecule has 2 aromatic carbocycles. The highest BCUT2D eigenvalue weighted by Gasteiger charge is 2.19. The van der Waals surface area contributed by atoms with Crippen molar-refractivity contribution in [2.75, 3.05) is 5.75 Å². The highest BCUT2D eigenvalue weighted by Crippen LogP contribution is 2.37. The summed E-state index contributed by atoms with van der Waals surface area (Å²) in [5.74, 6) is -1.20. The molecule has 28 heavy (non-hydrogen) atoms. The molecule has 0 amide bonds. The Morgan fingerprint density at radius 2 is 1.86 bits per heavy atom. The normalized spacial score (nSPS) is 11.0. The van der Waals surface area contributed by atoms with Crippen LogP contribution in [0.4, 0.5) is 0 Å².